The van der Waals surface area contributed by atoms with Crippen molar-refractivity contribution < 1.29 is 4.79 Å². The van der Waals surface area contributed by atoms with Crippen LogP contribution in [0.15, 0.2) is 30.3 Å². The summed E-state index contributed by atoms with van der Waals surface area (Å²) in [4.78, 5) is 10.2. The van der Waals surface area contributed by atoms with Crippen molar-refractivity contribution in [2.24, 2.45) is 0 Å². The van der Waals surface area contributed by atoms with Gasteiger partial charge in [0.25, 0.3) is 0 Å². The van der Waals surface area contributed by atoms with Gasteiger partial charge in [0.1, 0.15) is 0 Å². The van der Waals surface area contributed by atoms with Crippen molar-refractivity contribution in [1.29, 1.82) is 0 Å². The van der Waals surface area contributed by atoms with Crippen molar-refractivity contribution in [3.63, 3.8) is 0 Å². The van der Waals surface area contributed by atoms with Gasteiger partial charge in [-0.2, -0.15) is 0 Å². The minimum absolute atomic E-state index is 0.0543. The predicted octanol–water partition coefficient (Wildman–Crippen LogP) is 1.69. The van der Waals surface area contributed by atoms with Gasteiger partial charge >= 0.3 is 0 Å². The second-order valence-electron chi connectivity index (χ2n) is 2.70. The molecule has 3 heteroatoms. The van der Waals surface area contributed by atoms with E-state index in [0.717, 1.165) is 6.54 Å². The molecule has 1 aromatic carbocycles. The Morgan fingerprint density at radius 1 is 1.38 bits per heavy atom. The zero-order valence-electron chi connectivity index (χ0n) is 7.16. The molecule has 1 rings (SSSR count). The number of hydrogen-bond acceptors (Lipinski definition) is 2. The predicted molar refractivity (Wildman–Crippen MR) is 61.7 cm³/mol. The quantitative estimate of drug-likeness (QED) is 0.660. The Labute approximate surface area is 91.9 Å². The van der Waals surface area contributed by atoms with E-state index < -0.39 is 0 Å². The van der Waals surface area contributed by atoms with Gasteiger partial charge in [-0.3, -0.25) is 4.79 Å². The smallest absolute Gasteiger partial charge is 0.213 e. The fourth-order valence-corrected chi connectivity index (χ4v) is 1.29. The van der Waals surface area contributed by atoms with Gasteiger partial charge in [-0.15, -0.1) is 0 Å². The van der Waals surface area contributed by atoms with E-state index in [2.05, 4.69) is 40.0 Å². The average Bonchev–Trinajstić information content (AvgIpc) is 2.19. The summed E-state index contributed by atoms with van der Waals surface area (Å²) in [5, 5.41) is 3.18. The van der Waals surface area contributed by atoms with Gasteiger partial charge in [-0.1, -0.05) is 52.9 Å². The molecule has 0 amide bonds. The van der Waals surface area contributed by atoms with Gasteiger partial charge in [0.05, 0.1) is 3.92 Å². The molecule has 1 aromatic rings. The summed E-state index contributed by atoms with van der Waals surface area (Å²) in [6.07, 6.45) is 1.93. The number of nitrogens with one attached hydrogen (secondary N) is 1. The molecule has 0 aromatic heterocycles. The van der Waals surface area contributed by atoms with E-state index >= 15 is 0 Å². The number of alkyl halides is 1. The first-order valence-corrected chi connectivity index (χ1v) is 5.34. The van der Waals surface area contributed by atoms with Crippen LogP contribution in [0.2, 0.25) is 0 Å². The topological polar surface area (TPSA) is 29.1 Å². The molecule has 1 radical (unpaired) electrons. The number of benzene rings is 1. The van der Waals surface area contributed by atoms with E-state index in [1.165, 1.54) is 5.56 Å². The molecule has 0 aliphatic rings. The number of hydrogen-bond donors (Lipinski definition) is 1. The van der Waals surface area contributed by atoms with E-state index in [4.69, 9.17) is 0 Å². The fraction of sp³-hybridized carbons (Fsp3) is 0.300. The van der Waals surface area contributed by atoms with Crippen LogP contribution in [-0.2, 0) is 11.3 Å². The lowest BCUT2D eigenvalue weighted by atomic mass is 10.2. The average molecular weight is 288 g/mol. The third-order valence-electron chi connectivity index (χ3n) is 1.62. The molecule has 0 bridgehead atoms. The summed E-state index contributed by atoms with van der Waals surface area (Å²) in [7, 11) is 0. The molecule has 1 atom stereocenters. The van der Waals surface area contributed by atoms with Gasteiger partial charge in [-0.05, 0) is 5.56 Å². The molecule has 2 nitrogen and oxygen atoms in total. The molecule has 0 heterocycles. The first-order chi connectivity index (χ1) is 6.33. The van der Waals surface area contributed by atoms with Crippen LogP contribution in [0, 0.1) is 0 Å². The maximum Gasteiger partial charge on any atom is 0.213 e. The Morgan fingerprint density at radius 3 is 2.69 bits per heavy atom. The van der Waals surface area contributed by atoms with Crippen LogP contribution >= 0.6 is 22.6 Å². The minimum atomic E-state index is -0.0543. The summed E-state index contributed by atoms with van der Waals surface area (Å²) in [5.41, 5.74) is 1.23. The van der Waals surface area contributed by atoms with Crippen LogP contribution in [0.5, 0.6) is 0 Å². The number of halogens is 1. The van der Waals surface area contributed by atoms with Crippen molar-refractivity contribution in [3.8, 4) is 0 Å². The summed E-state index contributed by atoms with van der Waals surface area (Å²) in [6, 6.07) is 10.1. The third kappa shape index (κ3) is 4.38. The monoisotopic (exact) mass is 288 g/mol. The van der Waals surface area contributed by atoms with Gasteiger partial charge in [0, 0.05) is 13.1 Å². The van der Waals surface area contributed by atoms with Gasteiger partial charge in [0.15, 0.2) is 0 Å². The molecular formula is C10H11INO. The largest absolute Gasteiger partial charge is 0.311 e. The van der Waals surface area contributed by atoms with E-state index in [1.807, 2.05) is 24.5 Å². The van der Waals surface area contributed by atoms with Gasteiger partial charge < -0.3 is 5.32 Å². The van der Waals surface area contributed by atoms with Crippen LogP contribution < -0.4 is 5.32 Å². The van der Waals surface area contributed by atoms with E-state index in [0.29, 0.717) is 6.54 Å². The third-order valence-corrected chi connectivity index (χ3v) is 2.32. The highest BCUT2D eigenvalue weighted by Crippen LogP contribution is 1.98. The van der Waals surface area contributed by atoms with Crippen molar-refractivity contribution in [2.75, 3.05) is 6.54 Å². The molecule has 0 aliphatic carbocycles. The summed E-state index contributed by atoms with van der Waals surface area (Å²) in [5.74, 6) is 0. The first kappa shape index (κ1) is 10.7. The van der Waals surface area contributed by atoms with Gasteiger partial charge in [-0.25, -0.2) is 0 Å². The standard InChI is InChI=1S/C10H11INO/c11-10(8-13)7-12-6-9-4-2-1-3-5-9/h1-5,10,12H,6-7H2. The van der Waals surface area contributed by atoms with Crippen molar-refractivity contribution in [1.82, 2.24) is 5.32 Å². The van der Waals surface area contributed by atoms with E-state index in [9.17, 15) is 4.79 Å². The molecule has 0 aliphatic heterocycles. The SMILES string of the molecule is O=[C]C(I)CNCc1ccccc1. The molecule has 0 saturated heterocycles. The highest BCUT2D eigenvalue weighted by Gasteiger charge is 2.00. The van der Waals surface area contributed by atoms with Crippen LogP contribution in [0.25, 0.3) is 0 Å². The second kappa shape index (κ2) is 6.10. The van der Waals surface area contributed by atoms with Crippen LogP contribution in [0.1, 0.15) is 5.56 Å². The highest BCUT2D eigenvalue weighted by molar-refractivity contribution is 14.1. The van der Waals surface area contributed by atoms with Gasteiger partial charge in [0.2, 0.25) is 6.29 Å². The van der Waals surface area contributed by atoms with E-state index in [-0.39, 0.29) is 3.92 Å². The molecule has 13 heavy (non-hydrogen) atoms. The Morgan fingerprint density at radius 2 is 2.08 bits per heavy atom. The van der Waals surface area contributed by atoms with Crippen molar-refractivity contribution >= 4 is 28.9 Å². The lowest BCUT2D eigenvalue weighted by molar-refractivity contribution is 0.550. The van der Waals surface area contributed by atoms with Crippen LogP contribution in [0.4, 0.5) is 0 Å². The number of carbonyl (C=O) groups excluding carboxylic acids is 1. The normalized spacial score (nSPS) is 12.4. The van der Waals surface area contributed by atoms with Crippen LogP contribution in [0.3, 0.4) is 0 Å². The summed E-state index contributed by atoms with van der Waals surface area (Å²) >= 11 is 2.06. The van der Waals surface area contributed by atoms with Crippen LogP contribution in [-0.4, -0.2) is 16.8 Å². The molecular weight excluding hydrogens is 277 g/mol. The summed E-state index contributed by atoms with van der Waals surface area (Å²) < 4.78 is -0.0543. The maximum absolute atomic E-state index is 10.2. The molecule has 0 spiro atoms. The van der Waals surface area contributed by atoms with E-state index in [1.54, 1.807) is 0 Å². The first-order valence-electron chi connectivity index (χ1n) is 4.09. The Bertz CT molecular complexity index is 250. The summed E-state index contributed by atoms with van der Waals surface area (Å²) in [6.45, 7) is 1.49. The second-order valence-corrected chi connectivity index (χ2v) is 4.21. The molecule has 69 valence electrons. The molecule has 0 saturated carbocycles. The van der Waals surface area contributed by atoms with Crippen molar-refractivity contribution in [2.45, 2.75) is 10.5 Å². The lowest BCUT2D eigenvalue weighted by Crippen LogP contribution is -2.23. The lowest BCUT2D eigenvalue weighted by Gasteiger charge is -2.04. The fourth-order valence-electron chi connectivity index (χ4n) is 0.981. The van der Waals surface area contributed by atoms with Crippen molar-refractivity contribution in [3.05, 3.63) is 35.9 Å². The Hall–Kier alpha value is -0.420. The highest BCUT2D eigenvalue weighted by atomic mass is 127. The number of rotatable bonds is 5. The molecule has 1 unspecified atom stereocenters. The molecule has 0 fully saturated rings. The Balaban J connectivity index is 2.24. The zero-order valence-corrected chi connectivity index (χ0v) is 9.32. The molecule has 1 N–H and O–H groups in total. The Kier molecular flexibility index (Phi) is 5.00. The zero-order chi connectivity index (χ0) is 9.52. The minimum Gasteiger partial charge on any atom is -0.311 e. The maximum atomic E-state index is 10.2.